The molecule has 0 radical (unpaired) electrons. The molecule has 4 N–H and O–H groups in total. The van der Waals surface area contributed by atoms with Gasteiger partial charge in [-0.3, -0.25) is 4.98 Å². The molecule has 130 valence electrons. The number of hydrogen-bond donors (Lipinski definition) is 3. The molecule has 2 amide bonds. The van der Waals surface area contributed by atoms with Crippen LogP contribution >= 0.6 is 27.3 Å². The molecule has 2 heterocycles. The maximum atomic E-state index is 13.0. The summed E-state index contributed by atoms with van der Waals surface area (Å²) in [4.78, 5) is 18.4. The number of primary amides is 1. The summed E-state index contributed by atoms with van der Waals surface area (Å²) in [6.45, 7) is 0.870. The highest BCUT2D eigenvalue weighted by Crippen LogP contribution is 2.39. The van der Waals surface area contributed by atoms with Crippen molar-refractivity contribution >= 4 is 33.3 Å². The summed E-state index contributed by atoms with van der Waals surface area (Å²) >= 11 is 3.96. The second kappa shape index (κ2) is 7.03. The Kier molecular flexibility index (Phi) is 5.45. The highest BCUT2D eigenvalue weighted by molar-refractivity contribution is 9.10. The van der Waals surface area contributed by atoms with Gasteiger partial charge in [0.2, 0.25) is 0 Å². The van der Waals surface area contributed by atoms with E-state index in [1.54, 1.807) is 6.92 Å². The highest BCUT2D eigenvalue weighted by atomic mass is 79.9. The van der Waals surface area contributed by atoms with Crippen LogP contribution in [0.3, 0.4) is 0 Å². The van der Waals surface area contributed by atoms with Crippen molar-refractivity contribution in [2.75, 3.05) is 0 Å². The van der Waals surface area contributed by atoms with Crippen molar-refractivity contribution in [1.29, 1.82) is 0 Å². The van der Waals surface area contributed by atoms with Crippen LogP contribution in [0.4, 0.5) is 18.0 Å². The number of nitrogens with two attached hydrogens (primary N) is 1. The third-order valence-corrected chi connectivity index (χ3v) is 4.72. The summed E-state index contributed by atoms with van der Waals surface area (Å²) in [6, 6.07) is 0.226. The van der Waals surface area contributed by atoms with E-state index in [4.69, 9.17) is 10.8 Å². The van der Waals surface area contributed by atoms with Gasteiger partial charge in [0.15, 0.2) is 5.69 Å². The van der Waals surface area contributed by atoms with Gasteiger partial charge in [-0.1, -0.05) is 0 Å². The summed E-state index contributed by atoms with van der Waals surface area (Å²) in [6.07, 6.45) is -3.26. The predicted octanol–water partition coefficient (Wildman–Crippen LogP) is 3.21. The predicted molar refractivity (Wildman–Crippen MR) is 85.1 cm³/mol. The zero-order chi connectivity index (χ0) is 18.1. The van der Waals surface area contributed by atoms with E-state index < -0.39 is 30.6 Å². The van der Waals surface area contributed by atoms with Crippen LogP contribution in [0.2, 0.25) is 0 Å². The standard InChI is InChI=1S/C13H12BrF3N4O2S/c1-5(20-12(18)23)8-2-6(7(14)3-19-8)11-21-10(13(15,16)17)9(4-22)24-11/h2-3,5,22H,4H2,1H3,(H3,18,20,23). The van der Waals surface area contributed by atoms with E-state index in [1.165, 1.54) is 12.3 Å². The fourth-order valence-corrected chi connectivity index (χ4v) is 3.45. The molecule has 1 atom stereocenters. The topological polar surface area (TPSA) is 101 Å². The zero-order valence-electron chi connectivity index (χ0n) is 12.2. The molecule has 0 fully saturated rings. The first-order valence-corrected chi connectivity index (χ1v) is 8.14. The van der Waals surface area contributed by atoms with Crippen LogP contribution in [0.25, 0.3) is 10.6 Å². The Morgan fingerprint density at radius 3 is 2.71 bits per heavy atom. The number of pyridine rings is 1. The number of rotatable bonds is 4. The molecule has 0 saturated heterocycles. The number of hydrogen-bond acceptors (Lipinski definition) is 5. The normalized spacial score (nSPS) is 12.9. The van der Waals surface area contributed by atoms with E-state index in [9.17, 15) is 18.0 Å². The number of urea groups is 1. The maximum absolute atomic E-state index is 13.0. The Balaban J connectivity index is 2.49. The Bertz CT molecular complexity index is 766. The minimum atomic E-state index is -4.66. The van der Waals surface area contributed by atoms with Gasteiger partial charge in [-0.2, -0.15) is 13.2 Å². The summed E-state index contributed by atoms with van der Waals surface area (Å²) in [5.41, 5.74) is 4.71. The van der Waals surface area contributed by atoms with Crippen molar-refractivity contribution in [2.45, 2.75) is 25.7 Å². The molecule has 0 aliphatic rings. The molecular formula is C13H12BrF3N4O2S. The lowest BCUT2D eigenvalue weighted by Crippen LogP contribution is -2.32. The number of aliphatic hydroxyl groups is 1. The number of halogens is 4. The van der Waals surface area contributed by atoms with Gasteiger partial charge in [-0.05, 0) is 28.9 Å². The minimum Gasteiger partial charge on any atom is -0.391 e. The SMILES string of the molecule is CC(NC(N)=O)c1cc(-c2nc(C(F)(F)F)c(CO)s2)c(Br)cn1. The van der Waals surface area contributed by atoms with E-state index in [1.807, 2.05) is 0 Å². The van der Waals surface area contributed by atoms with Crippen LogP contribution in [0, 0.1) is 0 Å². The smallest absolute Gasteiger partial charge is 0.391 e. The lowest BCUT2D eigenvalue weighted by molar-refractivity contribution is -0.141. The van der Waals surface area contributed by atoms with Gasteiger partial charge in [-0.25, -0.2) is 9.78 Å². The third kappa shape index (κ3) is 4.02. The first-order chi connectivity index (χ1) is 11.1. The first kappa shape index (κ1) is 18.6. The van der Waals surface area contributed by atoms with E-state index in [2.05, 4.69) is 31.2 Å². The number of alkyl halides is 3. The summed E-state index contributed by atoms with van der Waals surface area (Å²) in [5.74, 6) is 0. The van der Waals surface area contributed by atoms with Gasteiger partial charge in [0.25, 0.3) is 0 Å². The number of carbonyl (C=O) groups excluding carboxylic acids is 1. The Morgan fingerprint density at radius 1 is 1.54 bits per heavy atom. The van der Waals surface area contributed by atoms with Crippen molar-refractivity contribution < 1.29 is 23.1 Å². The van der Waals surface area contributed by atoms with Crippen LogP contribution in [0.5, 0.6) is 0 Å². The zero-order valence-corrected chi connectivity index (χ0v) is 14.6. The summed E-state index contributed by atoms with van der Waals surface area (Å²) < 4.78 is 39.3. The molecule has 1 unspecified atom stereocenters. The van der Waals surface area contributed by atoms with Crippen LogP contribution in [0.1, 0.15) is 29.2 Å². The van der Waals surface area contributed by atoms with Gasteiger partial charge in [0.1, 0.15) is 5.01 Å². The third-order valence-electron chi connectivity index (χ3n) is 3.02. The number of nitrogens with zero attached hydrogens (tertiary/aromatic N) is 2. The van der Waals surface area contributed by atoms with Gasteiger partial charge in [0.05, 0.1) is 23.2 Å². The van der Waals surface area contributed by atoms with E-state index in [0.717, 1.165) is 11.3 Å². The number of thiazole rings is 1. The van der Waals surface area contributed by atoms with E-state index >= 15 is 0 Å². The average Bonchev–Trinajstić information content (AvgIpc) is 2.91. The molecule has 2 aromatic rings. The molecular weight excluding hydrogens is 413 g/mol. The molecule has 2 rings (SSSR count). The Hall–Kier alpha value is -1.72. The van der Waals surface area contributed by atoms with Gasteiger partial charge in [0, 0.05) is 16.2 Å². The molecule has 11 heteroatoms. The van der Waals surface area contributed by atoms with Crippen molar-refractivity contribution in [3.63, 3.8) is 0 Å². The van der Waals surface area contributed by atoms with Crippen LogP contribution in [-0.4, -0.2) is 21.1 Å². The first-order valence-electron chi connectivity index (χ1n) is 6.53. The molecule has 0 aliphatic carbocycles. The molecule has 24 heavy (non-hydrogen) atoms. The number of amides is 2. The second-order valence-electron chi connectivity index (χ2n) is 4.77. The Labute approximate surface area is 147 Å². The summed E-state index contributed by atoms with van der Waals surface area (Å²) in [5, 5.41) is 11.6. The van der Waals surface area contributed by atoms with Crippen molar-refractivity contribution in [3.05, 3.63) is 33.0 Å². The summed E-state index contributed by atoms with van der Waals surface area (Å²) in [7, 11) is 0. The van der Waals surface area contributed by atoms with Gasteiger partial charge in [-0.15, -0.1) is 11.3 Å². The van der Waals surface area contributed by atoms with Gasteiger partial charge < -0.3 is 16.2 Å². The number of carbonyl (C=O) groups is 1. The van der Waals surface area contributed by atoms with Crippen LogP contribution < -0.4 is 11.1 Å². The van der Waals surface area contributed by atoms with Crippen LogP contribution in [-0.2, 0) is 12.8 Å². The Morgan fingerprint density at radius 2 is 2.21 bits per heavy atom. The van der Waals surface area contributed by atoms with Crippen molar-refractivity contribution in [3.8, 4) is 10.6 Å². The van der Waals surface area contributed by atoms with Crippen molar-refractivity contribution in [1.82, 2.24) is 15.3 Å². The molecule has 6 nitrogen and oxygen atoms in total. The fraction of sp³-hybridized carbons (Fsp3) is 0.308. The molecule has 0 spiro atoms. The van der Waals surface area contributed by atoms with Gasteiger partial charge >= 0.3 is 12.2 Å². The quantitative estimate of drug-likeness (QED) is 0.701. The van der Waals surface area contributed by atoms with E-state index in [-0.39, 0.29) is 9.88 Å². The molecule has 0 aromatic carbocycles. The fourth-order valence-electron chi connectivity index (χ4n) is 1.94. The number of aromatic nitrogens is 2. The average molecular weight is 425 g/mol. The monoisotopic (exact) mass is 424 g/mol. The lowest BCUT2D eigenvalue weighted by atomic mass is 10.1. The van der Waals surface area contributed by atoms with Crippen LogP contribution in [0.15, 0.2) is 16.7 Å². The number of nitrogens with one attached hydrogen (secondary N) is 1. The molecule has 0 aliphatic heterocycles. The molecule has 0 saturated carbocycles. The molecule has 0 bridgehead atoms. The molecule has 2 aromatic heterocycles. The maximum Gasteiger partial charge on any atom is 0.434 e. The largest absolute Gasteiger partial charge is 0.434 e. The lowest BCUT2D eigenvalue weighted by Gasteiger charge is -2.13. The highest BCUT2D eigenvalue weighted by Gasteiger charge is 2.37. The second-order valence-corrected chi connectivity index (χ2v) is 6.70. The minimum absolute atomic E-state index is 0.0770. The van der Waals surface area contributed by atoms with E-state index in [0.29, 0.717) is 15.7 Å². The van der Waals surface area contributed by atoms with Crippen molar-refractivity contribution in [2.24, 2.45) is 5.73 Å². The number of aliphatic hydroxyl groups excluding tert-OH is 1.